The van der Waals surface area contributed by atoms with Gasteiger partial charge in [-0.3, -0.25) is 0 Å². The summed E-state index contributed by atoms with van der Waals surface area (Å²) < 4.78 is 37.3. The molecule has 0 amide bonds. The number of hydrogen-bond donors (Lipinski definition) is 1. The average Bonchev–Trinajstić information content (AvgIpc) is 2.37. The number of pyridine rings is 1. The van der Waals surface area contributed by atoms with Gasteiger partial charge in [0.2, 0.25) is 0 Å². The first kappa shape index (κ1) is 17.0. The quantitative estimate of drug-likeness (QED) is 0.837. The highest BCUT2D eigenvalue weighted by Crippen LogP contribution is 2.28. The Balaban J connectivity index is 0.00000154. The fourth-order valence-electron chi connectivity index (χ4n) is 1.19. The van der Waals surface area contributed by atoms with Crippen molar-refractivity contribution < 1.29 is 13.2 Å². The Morgan fingerprint density at radius 2 is 1.89 bits per heavy atom. The maximum Gasteiger partial charge on any atom is 0.433 e. The maximum atomic E-state index is 12.4. The number of nitrogens with two attached hydrogens (primary N) is 1. The maximum absolute atomic E-state index is 12.4. The van der Waals surface area contributed by atoms with Crippen LogP contribution in [0, 0.1) is 0 Å². The van der Waals surface area contributed by atoms with Gasteiger partial charge in [-0.2, -0.15) is 13.2 Å². The second kappa shape index (κ2) is 7.41. The number of alkyl halides is 3. The molecule has 0 bridgehead atoms. The number of nitrogens with zero attached hydrogens (tertiary/aromatic N) is 1. The zero-order valence-corrected chi connectivity index (χ0v) is 11.0. The lowest BCUT2D eigenvalue weighted by atomic mass is 10.1. The molecular weight excluding hydrogens is 253 g/mol. The Bertz CT molecular complexity index is 474. The fourth-order valence-corrected chi connectivity index (χ4v) is 1.19. The van der Waals surface area contributed by atoms with Crippen LogP contribution in [0.4, 0.5) is 13.2 Å². The number of allylic oxidation sites excluding steroid dienone is 3. The van der Waals surface area contributed by atoms with E-state index in [0.717, 1.165) is 6.07 Å². The molecule has 0 aliphatic carbocycles. The minimum absolute atomic E-state index is 0.154. The number of aromatic nitrogens is 1. The standard InChI is InChI=1S/C12H11F3N2.C2H6/c1-3-9(7-8(2)16)10-5-4-6-11(17-10)12(13,14)15;1-2/h3-7H,1-2,16H2;1-2H3/b9-7+;. The van der Waals surface area contributed by atoms with Crippen molar-refractivity contribution in [3.05, 3.63) is 60.6 Å². The lowest BCUT2D eigenvalue weighted by Crippen LogP contribution is -2.08. The Morgan fingerprint density at radius 3 is 2.32 bits per heavy atom. The van der Waals surface area contributed by atoms with E-state index in [9.17, 15) is 13.2 Å². The molecule has 0 radical (unpaired) electrons. The van der Waals surface area contributed by atoms with Crippen LogP contribution in [0.25, 0.3) is 5.57 Å². The molecule has 0 aliphatic heterocycles. The molecular formula is C14H17F3N2. The summed E-state index contributed by atoms with van der Waals surface area (Å²) in [6.07, 6.45) is -1.68. The summed E-state index contributed by atoms with van der Waals surface area (Å²) in [5, 5.41) is 0. The third-order valence-electron chi connectivity index (χ3n) is 1.90. The Hall–Kier alpha value is -2.04. The fraction of sp³-hybridized carbons (Fsp3) is 0.214. The summed E-state index contributed by atoms with van der Waals surface area (Å²) in [5.74, 6) is 0. The molecule has 104 valence electrons. The summed E-state index contributed by atoms with van der Waals surface area (Å²) in [7, 11) is 0. The molecule has 1 aromatic rings. The largest absolute Gasteiger partial charge is 0.433 e. The van der Waals surface area contributed by atoms with Crippen LogP contribution in [0.5, 0.6) is 0 Å². The lowest BCUT2D eigenvalue weighted by molar-refractivity contribution is -0.141. The molecule has 2 nitrogen and oxygen atoms in total. The van der Waals surface area contributed by atoms with Crippen molar-refractivity contribution in [3.63, 3.8) is 0 Å². The van der Waals surface area contributed by atoms with Gasteiger partial charge in [-0.25, -0.2) is 4.98 Å². The van der Waals surface area contributed by atoms with Crippen molar-refractivity contribution in [2.45, 2.75) is 20.0 Å². The van der Waals surface area contributed by atoms with Gasteiger partial charge in [0.15, 0.2) is 0 Å². The highest BCUT2D eigenvalue weighted by molar-refractivity contribution is 5.73. The molecule has 0 fully saturated rings. The summed E-state index contributed by atoms with van der Waals surface area (Å²) in [5.41, 5.74) is 5.18. The summed E-state index contributed by atoms with van der Waals surface area (Å²) in [4.78, 5) is 3.51. The first-order valence-corrected chi connectivity index (χ1v) is 5.67. The van der Waals surface area contributed by atoms with E-state index in [4.69, 9.17) is 5.73 Å². The second-order valence-corrected chi connectivity index (χ2v) is 3.28. The second-order valence-electron chi connectivity index (χ2n) is 3.28. The third-order valence-corrected chi connectivity index (χ3v) is 1.90. The number of rotatable bonds is 3. The third kappa shape index (κ3) is 5.42. The van der Waals surface area contributed by atoms with Crippen molar-refractivity contribution in [1.82, 2.24) is 4.98 Å². The Kier molecular flexibility index (Phi) is 6.61. The van der Waals surface area contributed by atoms with E-state index >= 15 is 0 Å². The molecule has 0 unspecified atom stereocenters. The van der Waals surface area contributed by atoms with E-state index in [1.165, 1.54) is 24.3 Å². The summed E-state index contributed by atoms with van der Waals surface area (Å²) >= 11 is 0. The molecule has 0 aliphatic rings. The predicted molar refractivity (Wildman–Crippen MR) is 72.1 cm³/mol. The zero-order valence-electron chi connectivity index (χ0n) is 11.0. The molecule has 19 heavy (non-hydrogen) atoms. The van der Waals surface area contributed by atoms with Gasteiger partial charge in [-0.15, -0.1) is 0 Å². The van der Waals surface area contributed by atoms with Crippen LogP contribution >= 0.6 is 0 Å². The molecule has 0 saturated carbocycles. The molecule has 2 N–H and O–H groups in total. The van der Waals surface area contributed by atoms with Crippen molar-refractivity contribution >= 4 is 5.57 Å². The molecule has 0 spiro atoms. The van der Waals surface area contributed by atoms with Crippen LogP contribution < -0.4 is 5.73 Å². The summed E-state index contributed by atoms with van der Waals surface area (Å²) in [6.45, 7) is 10.9. The van der Waals surface area contributed by atoms with E-state index in [2.05, 4.69) is 18.1 Å². The molecule has 1 rings (SSSR count). The van der Waals surface area contributed by atoms with Gasteiger partial charge in [0, 0.05) is 11.3 Å². The molecule has 1 heterocycles. The molecule has 5 heteroatoms. The Morgan fingerprint density at radius 1 is 1.32 bits per heavy atom. The van der Waals surface area contributed by atoms with Gasteiger partial charge in [-0.05, 0) is 18.2 Å². The average molecular weight is 270 g/mol. The monoisotopic (exact) mass is 270 g/mol. The molecule has 0 saturated heterocycles. The van der Waals surface area contributed by atoms with Crippen molar-refractivity contribution in [1.29, 1.82) is 0 Å². The van der Waals surface area contributed by atoms with Crippen molar-refractivity contribution in [2.75, 3.05) is 0 Å². The minimum Gasteiger partial charge on any atom is -0.399 e. The van der Waals surface area contributed by atoms with Crippen molar-refractivity contribution in [3.8, 4) is 0 Å². The van der Waals surface area contributed by atoms with Gasteiger partial charge in [-0.1, -0.05) is 39.1 Å². The summed E-state index contributed by atoms with van der Waals surface area (Å²) in [6, 6.07) is 3.63. The topological polar surface area (TPSA) is 38.9 Å². The first-order valence-electron chi connectivity index (χ1n) is 5.67. The van der Waals surface area contributed by atoms with E-state index < -0.39 is 11.9 Å². The normalized spacial score (nSPS) is 11.3. The van der Waals surface area contributed by atoms with Crippen molar-refractivity contribution in [2.24, 2.45) is 5.73 Å². The highest BCUT2D eigenvalue weighted by atomic mass is 19.4. The van der Waals surface area contributed by atoms with E-state index in [1.807, 2.05) is 13.8 Å². The molecule has 0 atom stereocenters. The number of hydrogen-bond acceptors (Lipinski definition) is 2. The van der Waals surface area contributed by atoms with Crippen LogP contribution in [0.15, 0.2) is 49.2 Å². The SMILES string of the molecule is C=C/C(=C\C(=C)N)c1cccc(C(F)(F)F)n1.CC. The lowest BCUT2D eigenvalue weighted by Gasteiger charge is -2.08. The van der Waals surface area contributed by atoms with E-state index in [1.54, 1.807) is 0 Å². The predicted octanol–water partition coefficient (Wildman–Crippen LogP) is 4.17. The van der Waals surface area contributed by atoms with Crippen LogP contribution in [0.1, 0.15) is 25.2 Å². The van der Waals surface area contributed by atoms with Gasteiger partial charge in [0.05, 0.1) is 5.69 Å². The number of halogens is 3. The molecule has 0 aromatic carbocycles. The zero-order chi connectivity index (χ0) is 15.1. The molecule has 1 aromatic heterocycles. The van der Waals surface area contributed by atoms with Crippen LogP contribution in [-0.4, -0.2) is 4.98 Å². The van der Waals surface area contributed by atoms with Gasteiger partial charge < -0.3 is 5.73 Å². The van der Waals surface area contributed by atoms with Crippen LogP contribution in [-0.2, 0) is 6.18 Å². The van der Waals surface area contributed by atoms with Gasteiger partial charge in [0.1, 0.15) is 5.69 Å². The minimum atomic E-state index is -4.47. The van der Waals surface area contributed by atoms with E-state index in [0.29, 0.717) is 5.57 Å². The first-order chi connectivity index (χ1) is 8.84. The highest BCUT2D eigenvalue weighted by Gasteiger charge is 2.32. The Labute approximate surface area is 111 Å². The van der Waals surface area contributed by atoms with Gasteiger partial charge in [0.25, 0.3) is 0 Å². The van der Waals surface area contributed by atoms with Crippen LogP contribution in [0.2, 0.25) is 0 Å². The van der Waals surface area contributed by atoms with Crippen LogP contribution in [0.3, 0.4) is 0 Å². The smallest absolute Gasteiger partial charge is 0.399 e. The van der Waals surface area contributed by atoms with Gasteiger partial charge >= 0.3 is 6.18 Å². The van der Waals surface area contributed by atoms with E-state index in [-0.39, 0.29) is 11.4 Å².